The number of aliphatic hydroxyl groups is 1. The topological polar surface area (TPSA) is 35.5 Å². The van der Waals surface area contributed by atoms with Gasteiger partial charge in [-0.15, -0.1) is 0 Å². The number of hydrogen-bond donors (Lipinski definition) is 2. The fourth-order valence-corrected chi connectivity index (χ4v) is 2.44. The first-order valence-corrected chi connectivity index (χ1v) is 6.48. The van der Waals surface area contributed by atoms with Crippen LogP contribution in [-0.2, 0) is 0 Å². The lowest BCUT2D eigenvalue weighted by Crippen LogP contribution is -2.41. The summed E-state index contributed by atoms with van der Waals surface area (Å²) in [5.41, 5.74) is 0. The van der Waals surface area contributed by atoms with Crippen molar-refractivity contribution >= 4 is 0 Å². The molecular formula is C12H24N2O. The second kappa shape index (κ2) is 5.83. The maximum absolute atomic E-state index is 8.85. The monoisotopic (exact) mass is 212 g/mol. The van der Waals surface area contributed by atoms with Crippen LogP contribution in [0.25, 0.3) is 0 Å². The average molecular weight is 212 g/mol. The molecule has 88 valence electrons. The molecule has 0 aromatic heterocycles. The quantitative estimate of drug-likeness (QED) is 0.713. The summed E-state index contributed by atoms with van der Waals surface area (Å²) < 4.78 is 0. The molecule has 2 N–H and O–H groups in total. The van der Waals surface area contributed by atoms with Crippen molar-refractivity contribution in [1.82, 2.24) is 10.2 Å². The van der Waals surface area contributed by atoms with Crippen LogP contribution >= 0.6 is 0 Å². The van der Waals surface area contributed by atoms with Gasteiger partial charge in [0.05, 0.1) is 0 Å². The molecule has 1 saturated carbocycles. The van der Waals surface area contributed by atoms with Gasteiger partial charge in [0.15, 0.2) is 0 Å². The summed E-state index contributed by atoms with van der Waals surface area (Å²) >= 11 is 0. The summed E-state index contributed by atoms with van der Waals surface area (Å²) in [5, 5.41) is 12.6. The molecule has 3 heteroatoms. The lowest BCUT2D eigenvalue weighted by Gasteiger charge is -2.24. The van der Waals surface area contributed by atoms with Crippen LogP contribution in [0, 0.1) is 0 Å². The van der Waals surface area contributed by atoms with E-state index < -0.39 is 0 Å². The fraction of sp³-hybridized carbons (Fsp3) is 1.00. The summed E-state index contributed by atoms with van der Waals surface area (Å²) in [5.74, 6) is 0. The van der Waals surface area contributed by atoms with Gasteiger partial charge in [-0.1, -0.05) is 6.42 Å². The van der Waals surface area contributed by atoms with Crippen LogP contribution in [0.3, 0.4) is 0 Å². The van der Waals surface area contributed by atoms with E-state index >= 15 is 0 Å². The highest BCUT2D eigenvalue weighted by Gasteiger charge is 2.26. The molecule has 2 rings (SSSR count). The van der Waals surface area contributed by atoms with Crippen molar-refractivity contribution < 1.29 is 5.11 Å². The van der Waals surface area contributed by atoms with Crippen LogP contribution in [0.5, 0.6) is 0 Å². The van der Waals surface area contributed by atoms with Crippen LogP contribution in [0.2, 0.25) is 0 Å². The zero-order valence-corrected chi connectivity index (χ0v) is 9.62. The third kappa shape index (κ3) is 4.09. The molecule has 0 spiro atoms. The highest BCUT2D eigenvalue weighted by atomic mass is 16.3. The van der Waals surface area contributed by atoms with Crippen LogP contribution < -0.4 is 5.32 Å². The number of rotatable bonds is 5. The Morgan fingerprint density at radius 2 is 2.00 bits per heavy atom. The first-order chi connectivity index (χ1) is 7.38. The maximum Gasteiger partial charge on any atom is 0.0443 e. The lowest BCUT2D eigenvalue weighted by molar-refractivity contribution is 0.216. The van der Waals surface area contributed by atoms with Gasteiger partial charge in [0.1, 0.15) is 0 Å². The summed E-state index contributed by atoms with van der Waals surface area (Å²) in [6.45, 7) is 3.82. The van der Waals surface area contributed by atoms with Crippen molar-refractivity contribution in [2.45, 2.75) is 50.6 Å². The van der Waals surface area contributed by atoms with Crippen LogP contribution in [-0.4, -0.2) is 48.3 Å². The van der Waals surface area contributed by atoms with E-state index in [4.69, 9.17) is 5.11 Å². The Balaban J connectivity index is 1.73. The second-order valence-electron chi connectivity index (χ2n) is 5.01. The van der Waals surface area contributed by atoms with Crippen LogP contribution in [0.15, 0.2) is 0 Å². The molecule has 15 heavy (non-hydrogen) atoms. The van der Waals surface area contributed by atoms with E-state index in [1.54, 1.807) is 0 Å². The van der Waals surface area contributed by atoms with Crippen molar-refractivity contribution in [3.8, 4) is 0 Å². The number of aliphatic hydroxyl groups excluding tert-OH is 1. The third-order valence-corrected chi connectivity index (χ3v) is 3.44. The summed E-state index contributed by atoms with van der Waals surface area (Å²) in [6, 6.07) is 1.53. The molecule has 0 radical (unpaired) electrons. The zero-order valence-electron chi connectivity index (χ0n) is 9.62. The van der Waals surface area contributed by atoms with Gasteiger partial charge in [-0.3, -0.25) is 0 Å². The molecule has 1 aliphatic carbocycles. The SMILES string of the molecule is OCCCN1CCCCC(NC2CC2)C1. The molecule has 1 saturated heterocycles. The van der Waals surface area contributed by atoms with Gasteiger partial charge in [-0.2, -0.15) is 0 Å². The molecule has 0 aromatic rings. The van der Waals surface area contributed by atoms with E-state index in [9.17, 15) is 0 Å². The van der Waals surface area contributed by atoms with Gasteiger partial charge in [-0.05, 0) is 38.6 Å². The second-order valence-corrected chi connectivity index (χ2v) is 5.01. The van der Waals surface area contributed by atoms with E-state index in [0.717, 1.165) is 19.0 Å². The predicted octanol–water partition coefficient (Wildman–Crippen LogP) is 0.975. The molecular weight excluding hydrogens is 188 g/mol. The molecule has 2 fully saturated rings. The van der Waals surface area contributed by atoms with Crippen molar-refractivity contribution in [2.24, 2.45) is 0 Å². The van der Waals surface area contributed by atoms with Crippen molar-refractivity contribution in [3.63, 3.8) is 0 Å². The maximum atomic E-state index is 8.85. The first kappa shape index (κ1) is 11.4. The molecule has 1 heterocycles. The Morgan fingerprint density at radius 3 is 2.73 bits per heavy atom. The Labute approximate surface area is 92.8 Å². The minimum Gasteiger partial charge on any atom is -0.396 e. The lowest BCUT2D eigenvalue weighted by atomic mass is 10.1. The summed E-state index contributed by atoms with van der Waals surface area (Å²) in [4.78, 5) is 2.52. The van der Waals surface area contributed by atoms with Crippen molar-refractivity contribution in [1.29, 1.82) is 0 Å². The van der Waals surface area contributed by atoms with E-state index in [1.165, 1.54) is 45.2 Å². The van der Waals surface area contributed by atoms with Gasteiger partial charge in [0.2, 0.25) is 0 Å². The molecule has 0 aromatic carbocycles. The standard InChI is InChI=1S/C12H24N2O/c15-9-3-8-14-7-2-1-4-12(10-14)13-11-5-6-11/h11-13,15H,1-10H2. The Bertz CT molecular complexity index is 182. The van der Waals surface area contributed by atoms with Gasteiger partial charge < -0.3 is 15.3 Å². The van der Waals surface area contributed by atoms with Crippen molar-refractivity contribution in [2.75, 3.05) is 26.2 Å². The Morgan fingerprint density at radius 1 is 1.13 bits per heavy atom. The van der Waals surface area contributed by atoms with Crippen LogP contribution in [0.1, 0.15) is 38.5 Å². The molecule has 2 aliphatic rings. The van der Waals surface area contributed by atoms with Gasteiger partial charge in [0, 0.05) is 31.8 Å². The number of likely N-dealkylation sites (tertiary alicyclic amines) is 1. The van der Waals surface area contributed by atoms with Gasteiger partial charge in [-0.25, -0.2) is 0 Å². The van der Waals surface area contributed by atoms with Gasteiger partial charge >= 0.3 is 0 Å². The van der Waals surface area contributed by atoms with E-state index in [0.29, 0.717) is 12.6 Å². The van der Waals surface area contributed by atoms with E-state index in [-0.39, 0.29) is 0 Å². The van der Waals surface area contributed by atoms with E-state index in [2.05, 4.69) is 10.2 Å². The average Bonchev–Trinajstić information content (AvgIpc) is 3.04. The molecule has 1 atom stereocenters. The number of hydrogen-bond acceptors (Lipinski definition) is 3. The first-order valence-electron chi connectivity index (χ1n) is 6.48. The smallest absolute Gasteiger partial charge is 0.0443 e. The molecule has 1 unspecified atom stereocenters. The van der Waals surface area contributed by atoms with Gasteiger partial charge in [0.25, 0.3) is 0 Å². The minimum atomic E-state index is 0.331. The fourth-order valence-electron chi connectivity index (χ4n) is 2.44. The normalized spacial score (nSPS) is 29.0. The Kier molecular flexibility index (Phi) is 4.42. The highest BCUT2D eigenvalue weighted by molar-refractivity contribution is 4.87. The molecule has 1 aliphatic heterocycles. The summed E-state index contributed by atoms with van der Waals surface area (Å²) in [7, 11) is 0. The summed E-state index contributed by atoms with van der Waals surface area (Å²) in [6.07, 6.45) is 7.72. The predicted molar refractivity (Wildman–Crippen MR) is 61.9 cm³/mol. The third-order valence-electron chi connectivity index (χ3n) is 3.44. The van der Waals surface area contributed by atoms with Crippen molar-refractivity contribution in [3.05, 3.63) is 0 Å². The Hall–Kier alpha value is -0.120. The van der Waals surface area contributed by atoms with E-state index in [1.807, 2.05) is 0 Å². The molecule has 0 amide bonds. The molecule has 0 bridgehead atoms. The zero-order chi connectivity index (χ0) is 10.5. The highest BCUT2D eigenvalue weighted by Crippen LogP contribution is 2.21. The minimum absolute atomic E-state index is 0.331. The molecule has 3 nitrogen and oxygen atoms in total. The number of nitrogens with one attached hydrogen (secondary N) is 1. The number of nitrogens with zero attached hydrogens (tertiary/aromatic N) is 1. The largest absolute Gasteiger partial charge is 0.396 e. The van der Waals surface area contributed by atoms with Crippen LogP contribution in [0.4, 0.5) is 0 Å².